The Hall–Kier alpha value is -1.01. The highest BCUT2D eigenvalue weighted by molar-refractivity contribution is 9.10. The van der Waals surface area contributed by atoms with Gasteiger partial charge in [-0.2, -0.15) is 0 Å². The largest absolute Gasteiger partial charge is 0.391 e. The molecule has 1 amide bonds. The van der Waals surface area contributed by atoms with Crippen LogP contribution >= 0.6 is 28.1 Å². The zero-order chi connectivity index (χ0) is 13.9. The molecule has 0 spiro atoms. The van der Waals surface area contributed by atoms with E-state index in [4.69, 9.17) is 18.0 Å². The minimum Gasteiger partial charge on any atom is -0.391 e. The zero-order valence-corrected chi connectivity index (χ0v) is 12.9. The highest BCUT2D eigenvalue weighted by Gasteiger charge is 2.37. The molecule has 1 aromatic heterocycles. The number of nitrogens with zero attached hydrogens (tertiary/aromatic N) is 1. The summed E-state index contributed by atoms with van der Waals surface area (Å²) >= 11 is 8.49. The molecule has 4 nitrogen and oxygen atoms in total. The summed E-state index contributed by atoms with van der Waals surface area (Å²) in [5.41, 5.74) is 5.66. The number of amides is 1. The second kappa shape index (κ2) is 5.96. The molecule has 0 bridgehead atoms. The summed E-state index contributed by atoms with van der Waals surface area (Å²) in [7, 11) is 0. The maximum atomic E-state index is 12.3. The molecule has 2 rings (SSSR count). The standard InChI is InChI=1S/C13H16BrN3OS/c14-9-5-4-8-16-10(9)11(18)17-13(12(15)19)6-2-1-3-7-13/h4-5,8H,1-3,6-7H2,(H2,15,19)(H,17,18). The summed E-state index contributed by atoms with van der Waals surface area (Å²) in [6.07, 6.45) is 6.42. The third kappa shape index (κ3) is 3.12. The van der Waals surface area contributed by atoms with Gasteiger partial charge in [0.25, 0.3) is 5.91 Å². The number of thiocarbonyl (C=S) groups is 1. The van der Waals surface area contributed by atoms with Crippen molar-refractivity contribution in [2.75, 3.05) is 0 Å². The van der Waals surface area contributed by atoms with Crippen LogP contribution < -0.4 is 11.1 Å². The van der Waals surface area contributed by atoms with E-state index >= 15 is 0 Å². The maximum absolute atomic E-state index is 12.3. The van der Waals surface area contributed by atoms with Crippen LogP contribution in [-0.4, -0.2) is 21.4 Å². The number of nitrogens with one attached hydrogen (secondary N) is 1. The molecule has 0 saturated heterocycles. The summed E-state index contributed by atoms with van der Waals surface area (Å²) in [6, 6.07) is 3.56. The summed E-state index contributed by atoms with van der Waals surface area (Å²) in [6.45, 7) is 0. The number of halogens is 1. The number of aromatic nitrogens is 1. The minimum atomic E-state index is -0.554. The zero-order valence-electron chi connectivity index (χ0n) is 10.5. The Balaban J connectivity index is 2.20. The first-order chi connectivity index (χ1) is 9.05. The normalized spacial score (nSPS) is 17.7. The third-order valence-corrected chi connectivity index (χ3v) is 4.54. The second-order valence-electron chi connectivity index (χ2n) is 4.79. The van der Waals surface area contributed by atoms with Gasteiger partial charge in [-0.15, -0.1) is 0 Å². The van der Waals surface area contributed by atoms with Gasteiger partial charge in [0.15, 0.2) is 0 Å². The quantitative estimate of drug-likeness (QED) is 0.829. The monoisotopic (exact) mass is 341 g/mol. The number of nitrogens with two attached hydrogens (primary N) is 1. The Morgan fingerprint density at radius 3 is 2.68 bits per heavy atom. The molecule has 0 unspecified atom stereocenters. The van der Waals surface area contributed by atoms with Crippen LogP contribution in [0.4, 0.5) is 0 Å². The van der Waals surface area contributed by atoms with Gasteiger partial charge < -0.3 is 11.1 Å². The van der Waals surface area contributed by atoms with Gasteiger partial charge in [0.2, 0.25) is 0 Å². The lowest BCUT2D eigenvalue weighted by Crippen LogP contribution is -2.57. The van der Waals surface area contributed by atoms with Crippen molar-refractivity contribution in [1.82, 2.24) is 10.3 Å². The fraction of sp³-hybridized carbons (Fsp3) is 0.462. The Morgan fingerprint density at radius 2 is 2.11 bits per heavy atom. The lowest BCUT2D eigenvalue weighted by atomic mass is 9.81. The molecule has 0 aromatic carbocycles. The minimum absolute atomic E-state index is 0.234. The molecule has 0 aliphatic heterocycles. The lowest BCUT2D eigenvalue weighted by molar-refractivity contribution is 0.0902. The van der Waals surface area contributed by atoms with E-state index in [1.807, 2.05) is 0 Å². The number of carbonyl (C=O) groups excluding carboxylic acids is 1. The fourth-order valence-electron chi connectivity index (χ4n) is 2.42. The molecule has 1 fully saturated rings. The van der Waals surface area contributed by atoms with Gasteiger partial charge in [0, 0.05) is 10.7 Å². The summed E-state index contributed by atoms with van der Waals surface area (Å²) in [5.74, 6) is -0.234. The molecular formula is C13H16BrN3OS. The second-order valence-corrected chi connectivity index (χ2v) is 6.09. The summed E-state index contributed by atoms with van der Waals surface area (Å²) in [5, 5.41) is 2.99. The van der Waals surface area contributed by atoms with Crippen molar-refractivity contribution < 1.29 is 4.79 Å². The van der Waals surface area contributed by atoms with Crippen molar-refractivity contribution in [3.8, 4) is 0 Å². The van der Waals surface area contributed by atoms with E-state index in [0.717, 1.165) is 32.1 Å². The SMILES string of the molecule is NC(=S)C1(NC(=O)c2ncccc2Br)CCCCC1. The van der Waals surface area contributed by atoms with E-state index in [9.17, 15) is 4.79 Å². The van der Waals surface area contributed by atoms with E-state index in [1.165, 1.54) is 0 Å². The molecule has 1 aromatic rings. The van der Waals surface area contributed by atoms with Crippen molar-refractivity contribution in [2.45, 2.75) is 37.6 Å². The van der Waals surface area contributed by atoms with Gasteiger partial charge in [-0.1, -0.05) is 31.5 Å². The average Bonchev–Trinajstić information content (AvgIpc) is 2.40. The van der Waals surface area contributed by atoms with Gasteiger partial charge in [-0.3, -0.25) is 4.79 Å². The molecule has 1 aliphatic rings. The predicted molar refractivity (Wildman–Crippen MR) is 82.0 cm³/mol. The molecule has 1 saturated carbocycles. The Labute approximate surface area is 126 Å². The van der Waals surface area contributed by atoms with Crippen molar-refractivity contribution in [3.05, 3.63) is 28.5 Å². The summed E-state index contributed by atoms with van der Waals surface area (Å²) < 4.78 is 0.668. The van der Waals surface area contributed by atoms with Crippen molar-refractivity contribution in [1.29, 1.82) is 0 Å². The van der Waals surface area contributed by atoms with Crippen LogP contribution in [0.5, 0.6) is 0 Å². The van der Waals surface area contributed by atoms with Crippen LogP contribution in [0.2, 0.25) is 0 Å². The Morgan fingerprint density at radius 1 is 1.42 bits per heavy atom. The highest BCUT2D eigenvalue weighted by atomic mass is 79.9. The first kappa shape index (κ1) is 14.4. The van der Waals surface area contributed by atoms with E-state index < -0.39 is 5.54 Å². The topological polar surface area (TPSA) is 68.0 Å². The van der Waals surface area contributed by atoms with Gasteiger partial charge in [-0.25, -0.2) is 4.98 Å². The predicted octanol–water partition coefficient (Wildman–Crippen LogP) is 2.56. The fourth-order valence-corrected chi connectivity index (χ4v) is 3.11. The first-order valence-corrected chi connectivity index (χ1v) is 7.48. The van der Waals surface area contributed by atoms with Crippen LogP contribution in [0, 0.1) is 0 Å². The highest BCUT2D eigenvalue weighted by Crippen LogP contribution is 2.29. The van der Waals surface area contributed by atoms with Crippen molar-refractivity contribution >= 4 is 39.0 Å². The van der Waals surface area contributed by atoms with E-state index in [0.29, 0.717) is 15.2 Å². The number of pyridine rings is 1. The molecule has 0 atom stereocenters. The average molecular weight is 342 g/mol. The maximum Gasteiger partial charge on any atom is 0.271 e. The van der Waals surface area contributed by atoms with Crippen LogP contribution in [0.15, 0.2) is 22.8 Å². The lowest BCUT2D eigenvalue weighted by Gasteiger charge is -2.37. The molecule has 102 valence electrons. The number of hydrogen-bond donors (Lipinski definition) is 2. The van der Waals surface area contributed by atoms with Gasteiger partial charge in [-0.05, 0) is 40.9 Å². The molecule has 1 heterocycles. The Bertz CT molecular complexity index is 500. The third-order valence-electron chi connectivity index (χ3n) is 3.51. The molecule has 19 heavy (non-hydrogen) atoms. The number of hydrogen-bond acceptors (Lipinski definition) is 3. The molecule has 1 aliphatic carbocycles. The van der Waals surface area contributed by atoms with Gasteiger partial charge >= 0.3 is 0 Å². The van der Waals surface area contributed by atoms with Crippen LogP contribution in [0.3, 0.4) is 0 Å². The van der Waals surface area contributed by atoms with E-state index in [-0.39, 0.29) is 5.91 Å². The van der Waals surface area contributed by atoms with E-state index in [2.05, 4.69) is 26.2 Å². The first-order valence-electron chi connectivity index (χ1n) is 6.28. The smallest absolute Gasteiger partial charge is 0.271 e. The van der Waals surface area contributed by atoms with E-state index in [1.54, 1.807) is 18.3 Å². The van der Waals surface area contributed by atoms with Crippen LogP contribution in [-0.2, 0) is 0 Å². The van der Waals surface area contributed by atoms with Gasteiger partial charge in [0.05, 0.1) is 10.5 Å². The number of carbonyl (C=O) groups is 1. The van der Waals surface area contributed by atoms with Crippen molar-refractivity contribution in [3.63, 3.8) is 0 Å². The van der Waals surface area contributed by atoms with Gasteiger partial charge in [0.1, 0.15) is 5.69 Å². The molecule has 6 heteroatoms. The molecule has 0 radical (unpaired) electrons. The molecule has 3 N–H and O–H groups in total. The molecular weight excluding hydrogens is 326 g/mol. The van der Waals surface area contributed by atoms with Crippen molar-refractivity contribution in [2.24, 2.45) is 5.73 Å². The summed E-state index contributed by atoms with van der Waals surface area (Å²) in [4.78, 5) is 16.8. The van der Waals surface area contributed by atoms with Crippen LogP contribution in [0.1, 0.15) is 42.6 Å². The van der Waals surface area contributed by atoms with Crippen LogP contribution in [0.25, 0.3) is 0 Å². The Kier molecular flexibility index (Phi) is 4.52. The number of rotatable bonds is 3.